The number of amides is 1. The molecule has 1 saturated heterocycles. The minimum absolute atomic E-state index is 0.0405. The van der Waals surface area contributed by atoms with Gasteiger partial charge in [-0.05, 0) is 26.7 Å². The fourth-order valence-corrected chi connectivity index (χ4v) is 1.95. The summed E-state index contributed by atoms with van der Waals surface area (Å²) in [6, 6.07) is 0. The molecule has 1 heterocycles. The standard InChI is InChI=1S/C9H13NO/c1-8-5-3-4-6-9(8,2)10-7(8)11/h3-4H,5-6H2,1-2H3,(H,10,11)/t8-,9+/m0/s1. The number of hydrogen-bond donors (Lipinski definition) is 1. The minimum atomic E-state index is -0.123. The third-order valence-electron chi connectivity index (χ3n) is 3.33. The molecule has 0 spiro atoms. The van der Waals surface area contributed by atoms with Crippen molar-refractivity contribution in [3.63, 3.8) is 0 Å². The summed E-state index contributed by atoms with van der Waals surface area (Å²) in [4.78, 5) is 11.2. The third-order valence-corrected chi connectivity index (χ3v) is 3.33. The first kappa shape index (κ1) is 6.89. The van der Waals surface area contributed by atoms with Gasteiger partial charge in [0.05, 0.1) is 11.0 Å². The highest BCUT2D eigenvalue weighted by atomic mass is 16.2. The normalized spacial score (nSPS) is 47.6. The Hall–Kier alpha value is -0.790. The molecule has 1 fully saturated rings. The maximum atomic E-state index is 11.2. The van der Waals surface area contributed by atoms with E-state index in [1.165, 1.54) is 0 Å². The van der Waals surface area contributed by atoms with Crippen molar-refractivity contribution in [1.29, 1.82) is 0 Å². The maximum Gasteiger partial charge on any atom is 0.229 e. The molecule has 2 heteroatoms. The molecule has 1 N–H and O–H groups in total. The van der Waals surface area contributed by atoms with Crippen molar-refractivity contribution in [3.8, 4) is 0 Å². The van der Waals surface area contributed by atoms with E-state index < -0.39 is 0 Å². The second kappa shape index (κ2) is 1.68. The smallest absolute Gasteiger partial charge is 0.229 e. The summed E-state index contributed by atoms with van der Waals surface area (Å²) in [5.41, 5.74) is -0.0828. The van der Waals surface area contributed by atoms with Crippen LogP contribution in [0.15, 0.2) is 12.2 Å². The van der Waals surface area contributed by atoms with Crippen LogP contribution in [-0.4, -0.2) is 11.4 Å². The number of nitrogens with one attached hydrogen (secondary N) is 1. The molecule has 0 aromatic rings. The van der Waals surface area contributed by atoms with Gasteiger partial charge in [-0.25, -0.2) is 0 Å². The average molecular weight is 151 g/mol. The quantitative estimate of drug-likeness (QED) is 0.409. The molecule has 0 unspecified atom stereocenters. The number of rotatable bonds is 0. The Labute approximate surface area is 66.7 Å². The Morgan fingerprint density at radius 2 is 2.00 bits per heavy atom. The molecule has 0 radical (unpaired) electrons. The summed E-state index contributed by atoms with van der Waals surface area (Å²) in [6.07, 6.45) is 6.15. The van der Waals surface area contributed by atoms with Gasteiger partial charge in [0.2, 0.25) is 5.91 Å². The second-order valence-corrected chi connectivity index (χ2v) is 4.00. The second-order valence-electron chi connectivity index (χ2n) is 4.00. The fraction of sp³-hybridized carbons (Fsp3) is 0.667. The number of β-lactam (4-membered cyclic amide) rings is 1. The SMILES string of the molecule is C[C@@]12CC=CC[C@@]1(C)C(=O)N2. The lowest BCUT2D eigenvalue weighted by Crippen LogP contribution is -2.74. The van der Waals surface area contributed by atoms with E-state index in [2.05, 4.69) is 31.3 Å². The van der Waals surface area contributed by atoms with Gasteiger partial charge in [-0.1, -0.05) is 12.2 Å². The summed E-state index contributed by atoms with van der Waals surface area (Å²) in [7, 11) is 0. The summed E-state index contributed by atoms with van der Waals surface area (Å²) >= 11 is 0. The summed E-state index contributed by atoms with van der Waals surface area (Å²) in [5, 5.41) is 2.97. The molecule has 2 aliphatic rings. The van der Waals surface area contributed by atoms with Crippen LogP contribution < -0.4 is 5.32 Å². The Morgan fingerprint density at radius 1 is 1.36 bits per heavy atom. The molecule has 0 saturated carbocycles. The van der Waals surface area contributed by atoms with Crippen molar-refractivity contribution in [2.75, 3.05) is 0 Å². The first-order valence-corrected chi connectivity index (χ1v) is 4.06. The van der Waals surface area contributed by atoms with Crippen LogP contribution in [0.2, 0.25) is 0 Å². The predicted octanol–water partition coefficient (Wildman–Crippen LogP) is 1.23. The largest absolute Gasteiger partial charge is 0.349 e. The van der Waals surface area contributed by atoms with Crippen molar-refractivity contribution in [2.24, 2.45) is 5.41 Å². The number of fused-ring (bicyclic) bond motifs is 1. The molecule has 0 aromatic carbocycles. The molecule has 2 nitrogen and oxygen atoms in total. The van der Waals surface area contributed by atoms with E-state index in [1.54, 1.807) is 0 Å². The van der Waals surface area contributed by atoms with Crippen LogP contribution in [0.25, 0.3) is 0 Å². The van der Waals surface area contributed by atoms with Gasteiger partial charge in [0.1, 0.15) is 0 Å². The summed E-state index contributed by atoms with van der Waals surface area (Å²) in [5.74, 6) is 0.212. The lowest BCUT2D eigenvalue weighted by Gasteiger charge is -2.56. The van der Waals surface area contributed by atoms with E-state index in [-0.39, 0.29) is 16.9 Å². The summed E-state index contributed by atoms with van der Waals surface area (Å²) in [6.45, 7) is 4.17. The zero-order valence-corrected chi connectivity index (χ0v) is 6.98. The maximum absolute atomic E-state index is 11.2. The summed E-state index contributed by atoms with van der Waals surface area (Å²) < 4.78 is 0. The molecule has 2 atom stereocenters. The number of hydrogen-bond acceptors (Lipinski definition) is 1. The van der Waals surface area contributed by atoms with Gasteiger partial charge in [-0.2, -0.15) is 0 Å². The van der Waals surface area contributed by atoms with E-state index in [4.69, 9.17) is 0 Å². The Balaban J connectivity index is 2.37. The van der Waals surface area contributed by atoms with Gasteiger partial charge in [0.15, 0.2) is 0 Å². The number of allylic oxidation sites excluding steroid dienone is 1. The van der Waals surface area contributed by atoms with Gasteiger partial charge >= 0.3 is 0 Å². The molecule has 1 amide bonds. The van der Waals surface area contributed by atoms with Crippen LogP contribution >= 0.6 is 0 Å². The van der Waals surface area contributed by atoms with Crippen LogP contribution in [-0.2, 0) is 4.79 Å². The molecule has 0 bridgehead atoms. The predicted molar refractivity (Wildman–Crippen MR) is 43.0 cm³/mol. The number of carbonyl (C=O) groups is 1. The third kappa shape index (κ3) is 0.602. The van der Waals surface area contributed by atoms with Crippen LogP contribution in [0.5, 0.6) is 0 Å². The highest BCUT2D eigenvalue weighted by molar-refractivity contribution is 5.92. The van der Waals surface area contributed by atoms with Gasteiger partial charge in [-0.15, -0.1) is 0 Å². The Kier molecular flexibility index (Phi) is 1.05. The van der Waals surface area contributed by atoms with E-state index in [9.17, 15) is 4.79 Å². The van der Waals surface area contributed by atoms with Crippen LogP contribution in [0.4, 0.5) is 0 Å². The van der Waals surface area contributed by atoms with Crippen molar-refractivity contribution in [1.82, 2.24) is 5.32 Å². The molecule has 2 rings (SSSR count). The van der Waals surface area contributed by atoms with Crippen molar-refractivity contribution in [2.45, 2.75) is 32.2 Å². The molecular weight excluding hydrogens is 138 g/mol. The van der Waals surface area contributed by atoms with Crippen molar-refractivity contribution >= 4 is 5.91 Å². The van der Waals surface area contributed by atoms with E-state index in [0.29, 0.717) is 0 Å². The highest BCUT2D eigenvalue weighted by Gasteiger charge is 2.59. The van der Waals surface area contributed by atoms with E-state index in [1.807, 2.05) is 0 Å². The van der Waals surface area contributed by atoms with Crippen LogP contribution in [0.1, 0.15) is 26.7 Å². The molecule has 0 aromatic heterocycles. The Bertz CT molecular complexity index is 246. The van der Waals surface area contributed by atoms with Gasteiger partial charge in [0.25, 0.3) is 0 Å². The monoisotopic (exact) mass is 151 g/mol. The van der Waals surface area contributed by atoms with Gasteiger partial charge in [-0.3, -0.25) is 4.79 Å². The van der Waals surface area contributed by atoms with Gasteiger partial charge in [0, 0.05) is 0 Å². The van der Waals surface area contributed by atoms with Crippen LogP contribution in [0.3, 0.4) is 0 Å². The molecule has 60 valence electrons. The zero-order chi connectivity index (χ0) is 8.11. The van der Waals surface area contributed by atoms with Gasteiger partial charge < -0.3 is 5.32 Å². The lowest BCUT2D eigenvalue weighted by molar-refractivity contribution is -0.153. The first-order chi connectivity index (χ1) is 5.08. The first-order valence-electron chi connectivity index (χ1n) is 4.06. The topological polar surface area (TPSA) is 29.1 Å². The highest BCUT2D eigenvalue weighted by Crippen LogP contribution is 2.47. The lowest BCUT2D eigenvalue weighted by atomic mass is 9.59. The van der Waals surface area contributed by atoms with Crippen LogP contribution in [0, 0.1) is 5.41 Å². The average Bonchev–Trinajstić information content (AvgIpc) is 1.96. The Morgan fingerprint density at radius 3 is 2.45 bits per heavy atom. The molecular formula is C9H13NO. The molecule has 1 aliphatic heterocycles. The van der Waals surface area contributed by atoms with E-state index in [0.717, 1.165) is 12.8 Å². The van der Waals surface area contributed by atoms with Crippen molar-refractivity contribution in [3.05, 3.63) is 12.2 Å². The fourth-order valence-electron chi connectivity index (χ4n) is 1.95. The number of carbonyl (C=O) groups excluding carboxylic acids is 1. The zero-order valence-electron chi connectivity index (χ0n) is 6.98. The molecule has 11 heavy (non-hydrogen) atoms. The molecule has 1 aliphatic carbocycles. The minimum Gasteiger partial charge on any atom is -0.349 e. The van der Waals surface area contributed by atoms with E-state index >= 15 is 0 Å². The van der Waals surface area contributed by atoms with Crippen molar-refractivity contribution < 1.29 is 4.79 Å².